The van der Waals surface area contributed by atoms with Crippen molar-refractivity contribution in [1.82, 2.24) is 25.3 Å². The number of aryl methyl sites for hydroxylation is 1. The molecule has 1 aromatic carbocycles. The van der Waals surface area contributed by atoms with Crippen molar-refractivity contribution in [2.75, 3.05) is 62.0 Å². The third-order valence-electron chi connectivity index (χ3n) is 7.25. The van der Waals surface area contributed by atoms with Crippen LogP contribution in [0, 0.1) is 12.3 Å². The Bertz CT molecular complexity index is 1290. The Morgan fingerprint density at radius 1 is 1.27 bits per heavy atom. The van der Waals surface area contributed by atoms with Gasteiger partial charge in [0.2, 0.25) is 5.95 Å². The lowest BCUT2D eigenvalue weighted by molar-refractivity contribution is -0.104. The highest BCUT2D eigenvalue weighted by Gasteiger charge is 2.47. The van der Waals surface area contributed by atoms with Gasteiger partial charge in [-0.25, -0.2) is 15.0 Å². The number of hydrogen-bond acceptors (Lipinski definition) is 10. The zero-order valence-corrected chi connectivity index (χ0v) is 24.0. The Morgan fingerprint density at radius 3 is 2.60 bits per heavy atom. The number of hydrogen-bond donors (Lipinski definition) is 2. The molecule has 2 aliphatic rings. The fraction of sp³-hybridized carbons (Fsp3) is 0.414. The maximum Gasteiger partial charge on any atom is 0.229 e. The molecule has 0 aliphatic carbocycles. The predicted octanol–water partition coefficient (Wildman–Crippen LogP) is 3.00. The molecule has 40 heavy (non-hydrogen) atoms. The topological polar surface area (TPSA) is 109 Å². The van der Waals surface area contributed by atoms with Gasteiger partial charge in [-0.15, -0.1) is 6.58 Å². The third kappa shape index (κ3) is 6.21. The molecule has 11 heteroatoms. The first-order valence-corrected chi connectivity index (χ1v) is 13.4. The van der Waals surface area contributed by atoms with Crippen LogP contribution in [0.25, 0.3) is 0 Å². The van der Waals surface area contributed by atoms with Crippen LogP contribution in [0.5, 0.6) is 0 Å². The zero-order chi connectivity index (χ0) is 28.9. The maximum atomic E-state index is 12.1. The van der Waals surface area contributed by atoms with Gasteiger partial charge in [-0.05, 0) is 56.7 Å². The largest absolute Gasteiger partial charge is 0.370 e. The summed E-state index contributed by atoms with van der Waals surface area (Å²) >= 11 is 0. The number of carbonyl (C=O) groups excluding carboxylic acids is 2. The summed E-state index contributed by atoms with van der Waals surface area (Å²) in [4.78, 5) is 34.9. The van der Waals surface area contributed by atoms with Crippen molar-refractivity contribution in [2.45, 2.75) is 26.8 Å². The van der Waals surface area contributed by atoms with Gasteiger partial charge in [0.05, 0.1) is 5.56 Å². The Balaban J connectivity index is 1.66. The molecule has 2 N–H and O–H groups in total. The lowest BCUT2D eigenvalue weighted by Crippen LogP contribution is -2.71. The number of hydrazine groups is 1. The van der Waals surface area contributed by atoms with E-state index in [0.717, 1.165) is 37.4 Å². The van der Waals surface area contributed by atoms with Gasteiger partial charge in [-0.1, -0.05) is 6.08 Å². The summed E-state index contributed by atoms with van der Waals surface area (Å²) in [5, 5.41) is 16.6. The summed E-state index contributed by atoms with van der Waals surface area (Å²) in [6.45, 7) is 14.7. The molecule has 2 fully saturated rings. The molecule has 2 aromatic rings. The number of allylic oxidation sites excluding steroid dienone is 1. The molecular weight excluding hydrogens is 506 g/mol. The molecule has 0 radical (unpaired) electrons. The van der Waals surface area contributed by atoms with Gasteiger partial charge in [-0.3, -0.25) is 14.6 Å². The highest BCUT2D eigenvalue weighted by atomic mass is 16.1. The van der Waals surface area contributed by atoms with E-state index in [0.29, 0.717) is 42.1 Å². The highest BCUT2D eigenvalue weighted by Crippen LogP contribution is 2.39. The molecule has 0 bridgehead atoms. The smallest absolute Gasteiger partial charge is 0.229 e. The van der Waals surface area contributed by atoms with Crippen molar-refractivity contribution >= 4 is 41.5 Å². The zero-order valence-electron chi connectivity index (χ0n) is 24.0. The van der Waals surface area contributed by atoms with Crippen molar-refractivity contribution in [3.8, 4) is 0 Å². The lowest BCUT2D eigenvalue weighted by Gasteiger charge is -2.57. The third-order valence-corrected chi connectivity index (χ3v) is 7.25. The number of likely N-dealkylation sites (N-methyl/N-ethyl adjacent to an activating group) is 1. The van der Waals surface area contributed by atoms with Crippen LogP contribution >= 0.6 is 0 Å². The average Bonchev–Trinajstić information content (AvgIpc) is 2.87. The minimum atomic E-state index is 0.0951. The van der Waals surface area contributed by atoms with Gasteiger partial charge in [0, 0.05) is 75.8 Å². The number of aldehydes is 2. The van der Waals surface area contributed by atoms with Crippen molar-refractivity contribution in [2.24, 2.45) is 10.5 Å². The highest BCUT2D eigenvalue weighted by molar-refractivity contribution is 6.07. The van der Waals surface area contributed by atoms with Crippen LogP contribution < -0.4 is 20.5 Å². The molecule has 0 atom stereocenters. The van der Waals surface area contributed by atoms with Crippen LogP contribution in [-0.2, 0) is 4.79 Å². The van der Waals surface area contributed by atoms with E-state index in [9.17, 15) is 9.59 Å². The minimum absolute atomic E-state index is 0.0951. The minimum Gasteiger partial charge on any atom is -0.370 e. The second-order valence-electron chi connectivity index (χ2n) is 10.7. The van der Waals surface area contributed by atoms with E-state index in [2.05, 4.69) is 46.2 Å². The monoisotopic (exact) mass is 545 g/mol. The molecule has 1 spiro atoms. The number of carbonyl (C=O) groups is 2. The van der Waals surface area contributed by atoms with E-state index in [4.69, 9.17) is 10.1 Å². The normalized spacial score (nSPS) is 16.2. The van der Waals surface area contributed by atoms with E-state index in [1.54, 1.807) is 22.2 Å². The molecule has 0 unspecified atom stereocenters. The molecule has 212 valence electrons. The number of amidine groups is 1. The number of anilines is 4. The van der Waals surface area contributed by atoms with Gasteiger partial charge >= 0.3 is 0 Å². The van der Waals surface area contributed by atoms with E-state index < -0.39 is 0 Å². The first-order valence-electron chi connectivity index (χ1n) is 13.4. The maximum absolute atomic E-state index is 12.1. The summed E-state index contributed by atoms with van der Waals surface area (Å²) in [7, 11) is 3.67. The van der Waals surface area contributed by atoms with Crippen LogP contribution in [0.2, 0.25) is 0 Å². The SMILES string of the molecule is C=CCN(C)N(C(/C=C\C=O)=N/N(C)C(C)C)c1nc(Nc2ccc(N3CC4(CNC4)C3)c(C)c2)ncc1C=O. The Labute approximate surface area is 236 Å². The number of hydrazone groups is 1. The Hall–Kier alpha value is -4.09. The number of nitrogens with one attached hydrogen (secondary N) is 2. The lowest BCUT2D eigenvalue weighted by atomic mass is 9.74. The first kappa shape index (κ1) is 28.9. The molecule has 4 rings (SSSR count). The first-order chi connectivity index (χ1) is 19.2. The second-order valence-corrected chi connectivity index (χ2v) is 10.7. The van der Waals surface area contributed by atoms with Crippen molar-refractivity contribution in [1.29, 1.82) is 0 Å². The Kier molecular flexibility index (Phi) is 8.96. The summed E-state index contributed by atoms with van der Waals surface area (Å²) in [6.07, 6.45) is 7.53. The Morgan fingerprint density at radius 2 is 2.02 bits per heavy atom. The molecule has 2 saturated heterocycles. The van der Waals surface area contributed by atoms with Crippen LogP contribution in [-0.4, -0.2) is 91.3 Å². The molecule has 11 nitrogen and oxygen atoms in total. The molecule has 1 aromatic heterocycles. The van der Waals surface area contributed by atoms with Gasteiger partial charge < -0.3 is 15.5 Å². The molecule has 3 heterocycles. The predicted molar refractivity (Wildman–Crippen MR) is 160 cm³/mol. The van der Waals surface area contributed by atoms with Gasteiger partial charge in [0.1, 0.15) is 6.29 Å². The number of rotatable bonds is 12. The van der Waals surface area contributed by atoms with Crippen molar-refractivity contribution < 1.29 is 9.59 Å². The molecular formula is C29H39N9O2. The summed E-state index contributed by atoms with van der Waals surface area (Å²) in [5.74, 6) is 1.04. The standard InChI is InChI=1S/C29H39N9O2/c1-7-12-35(5)38(26(9-8-13-39)34-36(6)21(2)3)27-23(16-40)15-31-28(33-27)32-24-10-11-25(22(4)14-24)37-19-29(20-37)17-30-18-29/h7-11,13-16,21,30H,1,12,17-20H2,2-6H3,(H,31,32,33)/b9-8-,34-26+. The quantitative estimate of drug-likeness (QED) is 0.103. The number of benzene rings is 1. The number of aromatic nitrogens is 2. The summed E-state index contributed by atoms with van der Waals surface area (Å²) < 4.78 is 0. The molecule has 2 aliphatic heterocycles. The fourth-order valence-corrected chi connectivity index (χ4v) is 4.81. The second kappa shape index (κ2) is 12.4. The fourth-order valence-electron chi connectivity index (χ4n) is 4.81. The van der Waals surface area contributed by atoms with Gasteiger partial charge in [0.25, 0.3) is 0 Å². The van der Waals surface area contributed by atoms with Crippen LogP contribution in [0.3, 0.4) is 0 Å². The van der Waals surface area contributed by atoms with Crippen LogP contribution in [0.4, 0.5) is 23.1 Å². The summed E-state index contributed by atoms with van der Waals surface area (Å²) in [5.41, 5.74) is 3.95. The van der Waals surface area contributed by atoms with Gasteiger partial charge in [-0.2, -0.15) is 10.1 Å². The number of nitrogens with zero attached hydrogens (tertiary/aromatic N) is 7. The van der Waals surface area contributed by atoms with Crippen molar-refractivity contribution in [3.05, 3.63) is 60.3 Å². The van der Waals surface area contributed by atoms with Crippen molar-refractivity contribution in [3.63, 3.8) is 0 Å². The van der Waals surface area contributed by atoms with Crippen LogP contribution in [0.15, 0.2) is 54.3 Å². The summed E-state index contributed by atoms with van der Waals surface area (Å²) in [6, 6.07) is 6.31. The average molecular weight is 546 g/mol. The van der Waals surface area contributed by atoms with Crippen LogP contribution in [0.1, 0.15) is 29.8 Å². The van der Waals surface area contributed by atoms with E-state index in [1.165, 1.54) is 18.0 Å². The van der Waals surface area contributed by atoms with E-state index >= 15 is 0 Å². The van der Waals surface area contributed by atoms with E-state index in [-0.39, 0.29) is 11.6 Å². The molecule has 0 amide bonds. The van der Waals surface area contributed by atoms with E-state index in [1.807, 2.05) is 39.0 Å². The van der Waals surface area contributed by atoms with Gasteiger partial charge in [0.15, 0.2) is 17.9 Å². The molecule has 0 saturated carbocycles.